The summed E-state index contributed by atoms with van der Waals surface area (Å²) in [6.45, 7) is 3.72. The molecular formula is C18H22ClNO4S. The van der Waals surface area contributed by atoms with Gasteiger partial charge in [0.2, 0.25) is 10.0 Å². The molecule has 7 heteroatoms. The third-order valence-electron chi connectivity index (χ3n) is 3.76. The van der Waals surface area contributed by atoms with Gasteiger partial charge in [0.25, 0.3) is 0 Å². The Balaban J connectivity index is 2.18. The van der Waals surface area contributed by atoms with E-state index in [0.717, 1.165) is 11.1 Å². The van der Waals surface area contributed by atoms with Gasteiger partial charge in [0.15, 0.2) is 0 Å². The van der Waals surface area contributed by atoms with Crippen LogP contribution in [0.1, 0.15) is 22.8 Å². The normalized spacial score (nSPS) is 13.0. The highest BCUT2D eigenvalue weighted by molar-refractivity contribution is 7.89. The fourth-order valence-electron chi connectivity index (χ4n) is 2.38. The van der Waals surface area contributed by atoms with Crippen LogP contribution in [0.3, 0.4) is 0 Å². The number of nitrogens with one attached hydrogen (secondary N) is 1. The lowest BCUT2D eigenvalue weighted by molar-refractivity contribution is 0.0309. The van der Waals surface area contributed by atoms with Crippen LogP contribution in [-0.4, -0.2) is 33.3 Å². The summed E-state index contributed by atoms with van der Waals surface area (Å²) in [5.74, 6) is 0. The Morgan fingerprint density at radius 3 is 2.48 bits per heavy atom. The molecule has 136 valence electrons. The number of aliphatic hydroxyl groups is 1. The highest BCUT2D eigenvalue weighted by atomic mass is 35.5. The second kappa shape index (κ2) is 8.78. The van der Waals surface area contributed by atoms with E-state index in [1.54, 1.807) is 19.1 Å². The molecule has 0 spiro atoms. The summed E-state index contributed by atoms with van der Waals surface area (Å²) in [4.78, 5) is 0.143. The van der Waals surface area contributed by atoms with Crippen molar-refractivity contribution < 1.29 is 18.3 Å². The van der Waals surface area contributed by atoms with E-state index in [1.165, 1.54) is 6.07 Å². The van der Waals surface area contributed by atoms with Crippen LogP contribution < -0.4 is 4.72 Å². The first-order valence-corrected chi connectivity index (χ1v) is 9.74. The van der Waals surface area contributed by atoms with Gasteiger partial charge >= 0.3 is 0 Å². The van der Waals surface area contributed by atoms with Crippen molar-refractivity contribution in [2.45, 2.75) is 24.8 Å². The van der Waals surface area contributed by atoms with Gasteiger partial charge in [0, 0.05) is 11.6 Å². The predicted octanol–water partition coefficient (Wildman–Crippen LogP) is 2.99. The molecule has 2 aromatic rings. The number of rotatable bonds is 8. The number of hydrogen-bond donors (Lipinski definition) is 2. The van der Waals surface area contributed by atoms with Gasteiger partial charge in [-0.25, -0.2) is 13.1 Å². The molecule has 0 fully saturated rings. The molecule has 1 atom stereocenters. The molecule has 1 unspecified atom stereocenters. The van der Waals surface area contributed by atoms with E-state index in [2.05, 4.69) is 4.72 Å². The quantitative estimate of drug-likeness (QED) is 0.734. The van der Waals surface area contributed by atoms with Gasteiger partial charge in [-0.3, -0.25) is 0 Å². The van der Waals surface area contributed by atoms with E-state index in [9.17, 15) is 8.42 Å². The highest BCUT2D eigenvalue weighted by Gasteiger charge is 2.20. The Kier molecular flexibility index (Phi) is 6.98. The van der Waals surface area contributed by atoms with Crippen LogP contribution in [0, 0.1) is 13.8 Å². The maximum absolute atomic E-state index is 12.6. The van der Waals surface area contributed by atoms with Gasteiger partial charge < -0.3 is 9.84 Å². The SMILES string of the molecule is Cc1ccc(C(CNS(=O)(=O)c2cc(Cl)ccc2C)OCCO)cc1. The van der Waals surface area contributed by atoms with E-state index in [0.29, 0.717) is 10.6 Å². The molecule has 0 heterocycles. The molecule has 2 rings (SSSR count). The first-order chi connectivity index (χ1) is 11.8. The summed E-state index contributed by atoms with van der Waals surface area (Å²) < 4.78 is 33.4. The van der Waals surface area contributed by atoms with E-state index in [-0.39, 0.29) is 24.7 Å². The monoisotopic (exact) mass is 383 g/mol. The van der Waals surface area contributed by atoms with Gasteiger partial charge in [-0.1, -0.05) is 47.5 Å². The lowest BCUT2D eigenvalue weighted by atomic mass is 10.1. The van der Waals surface area contributed by atoms with E-state index in [1.807, 2.05) is 31.2 Å². The Labute approximate surface area is 153 Å². The van der Waals surface area contributed by atoms with Crippen molar-refractivity contribution in [2.75, 3.05) is 19.8 Å². The summed E-state index contributed by atoms with van der Waals surface area (Å²) in [5.41, 5.74) is 2.55. The van der Waals surface area contributed by atoms with Gasteiger partial charge in [0.05, 0.1) is 24.2 Å². The summed E-state index contributed by atoms with van der Waals surface area (Å²) in [7, 11) is -3.73. The zero-order chi connectivity index (χ0) is 18.4. The zero-order valence-corrected chi connectivity index (χ0v) is 15.8. The molecule has 0 aliphatic heterocycles. The minimum absolute atomic E-state index is 0.0529. The third-order valence-corrected chi connectivity index (χ3v) is 5.56. The standard InChI is InChI=1S/C18H22ClNO4S/c1-13-3-6-15(7-4-13)17(24-10-9-21)12-20-25(22,23)18-11-16(19)8-5-14(18)2/h3-8,11,17,20-21H,9-10,12H2,1-2H3. The Morgan fingerprint density at radius 2 is 1.84 bits per heavy atom. The topological polar surface area (TPSA) is 75.6 Å². The van der Waals surface area contributed by atoms with Crippen LogP contribution in [0.15, 0.2) is 47.4 Å². The lowest BCUT2D eigenvalue weighted by Gasteiger charge is -2.19. The van der Waals surface area contributed by atoms with Gasteiger partial charge in [-0.05, 0) is 37.1 Å². The van der Waals surface area contributed by atoms with Gasteiger partial charge in [-0.2, -0.15) is 0 Å². The largest absolute Gasteiger partial charge is 0.394 e. The van der Waals surface area contributed by atoms with Crippen molar-refractivity contribution in [3.8, 4) is 0 Å². The highest BCUT2D eigenvalue weighted by Crippen LogP contribution is 2.22. The zero-order valence-electron chi connectivity index (χ0n) is 14.2. The maximum Gasteiger partial charge on any atom is 0.240 e. The summed E-state index contributed by atoms with van der Waals surface area (Å²) in [6.07, 6.45) is -0.498. The number of halogens is 1. The van der Waals surface area contributed by atoms with Crippen LogP contribution in [0.4, 0.5) is 0 Å². The van der Waals surface area contributed by atoms with Crippen LogP contribution in [-0.2, 0) is 14.8 Å². The minimum atomic E-state index is -3.73. The maximum atomic E-state index is 12.6. The van der Waals surface area contributed by atoms with Crippen molar-refractivity contribution in [3.63, 3.8) is 0 Å². The second-order valence-corrected chi connectivity index (χ2v) is 7.93. The molecule has 5 nitrogen and oxygen atoms in total. The summed E-state index contributed by atoms with van der Waals surface area (Å²) in [5, 5.41) is 9.36. The third kappa shape index (κ3) is 5.52. The lowest BCUT2D eigenvalue weighted by Crippen LogP contribution is -2.30. The first-order valence-electron chi connectivity index (χ1n) is 7.88. The van der Waals surface area contributed by atoms with E-state index in [4.69, 9.17) is 21.4 Å². The Morgan fingerprint density at radius 1 is 1.16 bits per heavy atom. The van der Waals surface area contributed by atoms with Crippen molar-refractivity contribution in [3.05, 3.63) is 64.2 Å². The fourth-order valence-corrected chi connectivity index (χ4v) is 3.91. The molecule has 0 amide bonds. The van der Waals surface area contributed by atoms with Crippen LogP contribution in [0.25, 0.3) is 0 Å². The Bertz CT molecular complexity index is 806. The Hall–Kier alpha value is -1.44. The molecule has 2 N–H and O–H groups in total. The number of ether oxygens (including phenoxy) is 1. The fraction of sp³-hybridized carbons (Fsp3) is 0.333. The molecule has 0 saturated carbocycles. The number of hydrogen-bond acceptors (Lipinski definition) is 4. The summed E-state index contributed by atoms with van der Waals surface area (Å²) in [6, 6.07) is 12.4. The number of sulfonamides is 1. The average Bonchev–Trinajstić information content (AvgIpc) is 2.58. The molecule has 2 aromatic carbocycles. The van der Waals surface area contributed by atoms with Crippen molar-refractivity contribution in [2.24, 2.45) is 0 Å². The average molecular weight is 384 g/mol. The molecule has 25 heavy (non-hydrogen) atoms. The second-order valence-electron chi connectivity index (χ2n) is 5.76. The van der Waals surface area contributed by atoms with Crippen LogP contribution in [0.5, 0.6) is 0 Å². The van der Waals surface area contributed by atoms with Crippen LogP contribution >= 0.6 is 11.6 Å². The van der Waals surface area contributed by atoms with E-state index >= 15 is 0 Å². The molecular weight excluding hydrogens is 362 g/mol. The van der Waals surface area contributed by atoms with Gasteiger partial charge in [-0.15, -0.1) is 0 Å². The number of aryl methyl sites for hydroxylation is 2. The predicted molar refractivity (Wildman–Crippen MR) is 98.3 cm³/mol. The van der Waals surface area contributed by atoms with Crippen LogP contribution in [0.2, 0.25) is 5.02 Å². The number of benzene rings is 2. The molecule has 0 aromatic heterocycles. The molecule has 0 aliphatic carbocycles. The van der Waals surface area contributed by atoms with Crippen molar-refractivity contribution in [1.29, 1.82) is 0 Å². The van der Waals surface area contributed by atoms with Crippen molar-refractivity contribution in [1.82, 2.24) is 4.72 Å². The van der Waals surface area contributed by atoms with Crippen molar-refractivity contribution >= 4 is 21.6 Å². The first kappa shape index (κ1) is 19.9. The van der Waals surface area contributed by atoms with Gasteiger partial charge in [0.1, 0.15) is 0 Å². The molecule has 0 saturated heterocycles. The summed E-state index contributed by atoms with van der Waals surface area (Å²) >= 11 is 5.92. The van der Waals surface area contributed by atoms with E-state index < -0.39 is 16.1 Å². The molecule has 0 bridgehead atoms. The molecule has 0 radical (unpaired) electrons. The smallest absolute Gasteiger partial charge is 0.240 e. The minimum Gasteiger partial charge on any atom is -0.394 e. The molecule has 0 aliphatic rings. The number of aliphatic hydroxyl groups excluding tert-OH is 1.